The molecule has 0 bridgehead atoms. The van der Waals surface area contributed by atoms with E-state index < -0.39 is 11.7 Å². The van der Waals surface area contributed by atoms with E-state index >= 15 is 0 Å². The summed E-state index contributed by atoms with van der Waals surface area (Å²) < 4.78 is 40.1. The van der Waals surface area contributed by atoms with E-state index in [0.29, 0.717) is 5.65 Å². The Balaban J connectivity index is 1.81. The van der Waals surface area contributed by atoms with Gasteiger partial charge in [0.25, 0.3) is 0 Å². The van der Waals surface area contributed by atoms with Gasteiger partial charge < -0.3 is 5.32 Å². The van der Waals surface area contributed by atoms with Crippen LogP contribution in [0.25, 0.3) is 5.65 Å². The number of carbonyl (C=O) groups is 1. The zero-order valence-electron chi connectivity index (χ0n) is 15.6. The summed E-state index contributed by atoms with van der Waals surface area (Å²) in [6, 6.07) is 11.7. The fourth-order valence-electron chi connectivity index (χ4n) is 3.14. The van der Waals surface area contributed by atoms with Gasteiger partial charge in [-0.3, -0.25) is 9.20 Å². The third kappa shape index (κ3) is 4.16. The van der Waals surface area contributed by atoms with Crippen LogP contribution in [0.2, 0.25) is 0 Å². The van der Waals surface area contributed by atoms with Crippen molar-refractivity contribution in [3.05, 3.63) is 65.6 Å². The summed E-state index contributed by atoms with van der Waals surface area (Å²) in [7, 11) is 0. The number of pyridine rings is 1. The Bertz CT molecular complexity index is 953. The Hall–Kier alpha value is -2.90. The average molecular weight is 390 g/mol. The molecular formula is C20H21F3N4O. The first kappa shape index (κ1) is 19.9. The number of nitrogens with one attached hydrogen (secondary N) is 1. The van der Waals surface area contributed by atoms with Crippen molar-refractivity contribution in [3.63, 3.8) is 0 Å². The molecule has 0 radical (unpaired) electrons. The Morgan fingerprint density at radius 3 is 2.50 bits per heavy atom. The van der Waals surface area contributed by atoms with E-state index in [1.807, 2.05) is 44.2 Å². The Morgan fingerprint density at radius 2 is 1.86 bits per heavy atom. The van der Waals surface area contributed by atoms with Gasteiger partial charge in [-0.05, 0) is 23.6 Å². The zero-order valence-corrected chi connectivity index (χ0v) is 15.6. The van der Waals surface area contributed by atoms with Crippen molar-refractivity contribution in [2.45, 2.75) is 38.9 Å². The van der Waals surface area contributed by atoms with Crippen LogP contribution < -0.4 is 5.32 Å². The standard InChI is InChI=1S/C20H21F3N4O/c1-3-13(2)18(14-7-5-4-6-8-14)19(28)24-11-17-26-25-16-10-9-15(12-27(16)17)20(21,22)23/h4-10,12-13,18H,3,11H2,1-2H3,(H,24,28)/t13-,18+/m0/s1. The lowest BCUT2D eigenvalue weighted by Gasteiger charge is -2.22. The monoisotopic (exact) mass is 390 g/mol. The minimum atomic E-state index is -4.46. The molecule has 2 atom stereocenters. The SMILES string of the molecule is CC[C@H](C)[C@@H](C(=O)NCc1nnc2ccc(C(F)(F)F)cn12)c1ccccc1. The van der Waals surface area contributed by atoms with Gasteiger partial charge in [-0.15, -0.1) is 10.2 Å². The Morgan fingerprint density at radius 1 is 1.14 bits per heavy atom. The van der Waals surface area contributed by atoms with Crippen LogP contribution in [-0.4, -0.2) is 20.5 Å². The third-order valence-corrected chi connectivity index (χ3v) is 4.88. The molecule has 0 fully saturated rings. The first-order valence-corrected chi connectivity index (χ1v) is 9.04. The number of hydrogen-bond donors (Lipinski definition) is 1. The second kappa shape index (κ2) is 8.00. The van der Waals surface area contributed by atoms with Gasteiger partial charge in [0.2, 0.25) is 5.91 Å². The van der Waals surface area contributed by atoms with E-state index in [2.05, 4.69) is 15.5 Å². The molecule has 0 saturated carbocycles. The van der Waals surface area contributed by atoms with Gasteiger partial charge in [-0.25, -0.2) is 0 Å². The highest BCUT2D eigenvalue weighted by atomic mass is 19.4. The molecule has 3 aromatic rings. The van der Waals surface area contributed by atoms with Gasteiger partial charge in [0.15, 0.2) is 11.5 Å². The molecule has 1 aromatic carbocycles. The predicted molar refractivity (Wildman–Crippen MR) is 98.5 cm³/mol. The van der Waals surface area contributed by atoms with Crippen LogP contribution in [0, 0.1) is 5.92 Å². The van der Waals surface area contributed by atoms with Crippen molar-refractivity contribution in [2.24, 2.45) is 5.92 Å². The van der Waals surface area contributed by atoms with Crippen molar-refractivity contribution in [2.75, 3.05) is 0 Å². The summed E-state index contributed by atoms with van der Waals surface area (Å²) in [6.07, 6.45) is -2.70. The fourth-order valence-corrected chi connectivity index (χ4v) is 3.14. The van der Waals surface area contributed by atoms with Crippen molar-refractivity contribution >= 4 is 11.6 Å². The number of nitrogens with zero attached hydrogens (tertiary/aromatic N) is 3. The maximum absolute atomic E-state index is 13.0. The molecule has 1 N–H and O–H groups in total. The van der Waals surface area contributed by atoms with E-state index in [1.54, 1.807) is 0 Å². The van der Waals surface area contributed by atoms with E-state index in [1.165, 1.54) is 10.5 Å². The van der Waals surface area contributed by atoms with Crippen LogP contribution in [0.3, 0.4) is 0 Å². The molecule has 0 saturated heterocycles. The molecule has 2 heterocycles. The van der Waals surface area contributed by atoms with E-state index in [-0.39, 0.29) is 30.1 Å². The maximum atomic E-state index is 13.0. The molecule has 0 aliphatic carbocycles. The van der Waals surface area contributed by atoms with Crippen molar-refractivity contribution in [1.29, 1.82) is 0 Å². The Labute approximate surface area is 160 Å². The van der Waals surface area contributed by atoms with Gasteiger partial charge in [0.1, 0.15) is 0 Å². The van der Waals surface area contributed by atoms with Gasteiger partial charge in [-0.1, -0.05) is 50.6 Å². The number of aromatic nitrogens is 3. The lowest BCUT2D eigenvalue weighted by molar-refractivity contribution is -0.137. The molecule has 8 heteroatoms. The molecule has 0 spiro atoms. The molecule has 148 valence electrons. The van der Waals surface area contributed by atoms with Crippen LogP contribution in [0.5, 0.6) is 0 Å². The minimum Gasteiger partial charge on any atom is -0.348 e. The topological polar surface area (TPSA) is 59.3 Å². The highest BCUT2D eigenvalue weighted by molar-refractivity contribution is 5.83. The number of fused-ring (bicyclic) bond motifs is 1. The molecule has 3 rings (SSSR count). The third-order valence-electron chi connectivity index (χ3n) is 4.88. The smallest absolute Gasteiger partial charge is 0.348 e. The van der Waals surface area contributed by atoms with Crippen LogP contribution in [0.1, 0.15) is 43.1 Å². The summed E-state index contributed by atoms with van der Waals surface area (Å²) in [5.74, 6) is -0.194. The molecule has 2 aromatic heterocycles. The highest BCUT2D eigenvalue weighted by Gasteiger charge is 2.31. The zero-order chi connectivity index (χ0) is 20.3. The lowest BCUT2D eigenvalue weighted by atomic mass is 9.85. The summed E-state index contributed by atoms with van der Waals surface area (Å²) >= 11 is 0. The number of alkyl halides is 3. The second-order valence-electron chi connectivity index (χ2n) is 6.75. The number of carbonyl (C=O) groups excluding carboxylic acids is 1. The molecule has 0 unspecified atom stereocenters. The largest absolute Gasteiger partial charge is 0.417 e. The molecule has 0 aliphatic heterocycles. The van der Waals surface area contributed by atoms with E-state index in [9.17, 15) is 18.0 Å². The summed E-state index contributed by atoms with van der Waals surface area (Å²) in [5.41, 5.74) is 0.396. The van der Waals surface area contributed by atoms with Crippen LogP contribution in [-0.2, 0) is 17.5 Å². The molecule has 5 nitrogen and oxygen atoms in total. The quantitative estimate of drug-likeness (QED) is 0.686. The lowest BCUT2D eigenvalue weighted by Crippen LogP contribution is -2.32. The summed E-state index contributed by atoms with van der Waals surface area (Å²) in [5, 5.41) is 10.6. The second-order valence-corrected chi connectivity index (χ2v) is 6.75. The van der Waals surface area contributed by atoms with E-state index in [4.69, 9.17) is 0 Å². The highest BCUT2D eigenvalue weighted by Crippen LogP contribution is 2.29. The van der Waals surface area contributed by atoms with Crippen LogP contribution >= 0.6 is 0 Å². The fraction of sp³-hybridized carbons (Fsp3) is 0.350. The van der Waals surface area contributed by atoms with Crippen molar-refractivity contribution < 1.29 is 18.0 Å². The summed E-state index contributed by atoms with van der Waals surface area (Å²) in [6.45, 7) is 4.00. The number of halogens is 3. The predicted octanol–water partition coefficient (Wildman–Crippen LogP) is 4.19. The first-order chi connectivity index (χ1) is 13.3. The Kier molecular flexibility index (Phi) is 5.67. The number of benzene rings is 1. The van der Waals surface area contributed by atoms with Gasteiger partial charge >= 0.3 is 6.18 Å². The number of hydrogen-bond acceptors (Lipinski definition) is 3. The maximum Gasteiger partial charge on any atom is 0.417 e. The normalized spacial score (nSPS) is 14.0. The minimum absolute atomic E-state index is 0.0128. The molecule has 1 amide bonds. The number of amides is 1. The van der Waals surface area contributed by atoms with Crippen molar-refractivity contribution in [3.8, 4) is 0 Å². The average Bonchev–Trinajstić information content (AvgIpc) is 3.09. The van der Waals surface area contributed by atoms with Crippen LogP contribution in [0.4, 0.5) is 13.2 Å². The summed E-state index contributed by atoms with van der Waals surface area (Å²) in [4.78, 5) is 12.9. The number of rotatable bonds is 6. The molecular weight excluding hydrogens is 369 g/mol. The first-order valence-electron chi connectivity index (χ1n) is 9.04. The van der Waals surface area contributed by atoms with Gasteiger partial charge in [-0.2, -0.15) is 13.2 Å². The molecule has 0 aliphatic rings. The van der Waals surface area contributed by atoms with E-state index in [0.717, 1.165) is 24.2 Å². The van der Waals surface area contributed by atoms with Crippen LogP contribution in [0.15, 0.2) is 48.7 Å². The molecule has 28 heavy (non-hydrogen) atoms. The van der Waals surface area contributed by atoms with Gasteiger partial charge in [0.05, 0.1) is 18.0 Å². The van der Waals surface area contributed by atoms with Gasteiger partial charge in [0, 0.05) is 6.20 Å². The van der Waals surface area contributed by atoms with Crippen molar-refractivity contribution in [1.82, 2.24) is 19.9 Å².